The fraction of sp³-hybridized carbons (Fsp3) is 0.268. The first-order valence-corrected chi connectivity index (χ1v) is 17.5. The number of amides is 2. The van der Waals surface area contributed by atoms with Gasteiger partial charge in [0.25, 0.3) is 11.8 Å². The predicted octanol–water partition coefficient (Wildman–Crippen LogP) is 4.18. The molecule has 3 N–H and O–H groups in total. The summed E-state index contributed by atoms with van der Waals surface area (Å²) in [5, 5.41) is 11.7. The Morgan fingerprint density at radius 3 is 1.89 bits per heavy atom. The summed E-state index contributed by atoms with van der Waals surface area (Å²) in [6, 6.07) is 33.0. The number of ether oxygens (including phenoxy) is 5. The number of hydrogen-bond acceptors (Lipinski definition) is 11. The first-order chi connectivity index (χ1) is 26.2. The largest absolute Gasteiger partial charge is 0.497 e. The van der Waals surface area contributed by atoms with E-state index in [1.165, 1.54) is 17.2 Å². The smallest absolute Gasteiger partial charge is 0.351 e. The van der Waals surface area contributed by atoms with Crippen molar-refractivity contribution in [3.63, 3.8) is 0 Å². The molecule has 13 nitrogen and oxygen atoms in total. The third-order valence-electron chi connectivity index (χ3n) is 9.79. The first-order valence-electron chi connectivity index (χ1n) is 17.5. The maximum absolute atomic E-state index is 12.9. The Labute approximate surface area is 311 Å². The lowest BCUT2D eigenvalue weighted by atomic mass is 9.80. The summed E-state index contributed by atoms with van der Waals surface area (Å²) >= 11 is 0. The number of aliphatic hydroxyl groups excluding tert-OH is 1. The topological polar surface area (TPSA) is 165 Å². The lowest BCUT2D eigenvalue weighted by Gasteiger charge is -2.37. The SMILES string of the molecule is COc1ccc(C(OC[C@H]2O[C@@H](n3ccc(N)nc3=O)[C@H](O)[C@@H]2OCCCN2C(=O)c3ccccc3C2=O)(c2ccccc2)c2ccc(OC)cc2)cc1. The van der Waals surface area contributed by atoms with E-state index in [9.17, 15) is 19.5 Å². The quantitative estimate of drug-likeness (QED) is 0.0956. The zero-order valence-corrected chi connectivity index (χ0v) is 29.7. The lowest BCUT2D eigenvalue weighted by molar-refractivity contribution is -0.104. The highest BCUT2D eigenvalue weighted by Crippen LogP contribution is 2.43. The number of benzene rings is 4. The Morgan fingerprint density at radius 2 is 1.33 bits per heavy atom. The van der Waals surface area contributed by atoms with Crippen molar-refractivity contribution in [3.8, 4) is 11.5 Å². The summed E-state index contributed by atoms with van der Waals surface area (Å²) in [6.45, 7) is 0.0478. The molecular formula is C41H40N4O9. The van der Waals surface area contributed by atoms with Crippen molar-refractivity contribution < 1.29 is 38.4 Å². The highest BCUT2D eigenvalue weighted by Gasteiger charge is 2.48. The number of nitrogen functional groups attached to an aromatic ring is 1. The second kappa shape index (κ2) is 15.6. The van der Waals surface area contributed by atoms with Gasteiger partial charge in [0, 0.05) is 19.3 Å². The number of aliphatic hydroxyl groups is 1. The van der Waals surface area contributed by atoms with E-state index in [-0.39, 0.29) is 43.8 Å². The van der Waals surface area contributed by atoms with Gasteiger partial charge in [-0.05, 0) is 65.6 Å². The number of carbonyl (C=O) groups excluding carboxylic acids is 2. The number of fused-ring (bicyclic) bond motifs is 1. The van der Waals surface area contributed by atoms with Gasteiger partial charge in [-0.15, -0.1) is 0 Å². The molecule has 4 aromatic carbocycles. The van der Waals surface area contributed by atoms with E-state index in [0.717, 1.165) is 21.3 Å². The van der Waals surface area contributed by atoms with Crippen LogP contribution in [0, 0.1) is 0 Å². The van der Waals surface area contributed by atoms with Crippen molar-refractivity contribution in [2.45, 2.75) is 36.6 Å². The maximum atomic E-state index is 12.9. The fourth-order valence-corrected chi connectivity index (χ4v) is 7.07. The molecule has 0 unspecified atom stereocenters. The number of carbonyl (C=O) groups is 2. The van der Waals surface area contributed by atoms with Gasteiger partial charge in [0.15, 0.2) is 6.23 Å². The lowest BCUT2D eigenvalue weighted by Crippen LogP contribution is -2.41. The number of nitrogens with zero attached hydrogens (tertiary/aromatic N) is 3. The van der Waals surface area contributed by atoms with Crippen LogP contribution < -0.4 is 20.9 Å². The molecule has 0 radical (unpaired) electrons. The standard InChI is InChI=1S/C41H40N4O9/c1-50-29-17-13-27(14-18-29)41(26-9-4-3-5-10-26,28-15-19-30(51-2)20-16-28)53-25-33-36(35(46)39(54-33)45-23-21-34(42)43-40(45)49)52-24-8-22-44-37(47)31-11-6-7-12-32(31)38(44)48/h3-7,9-21,23,33,35-36,39,46H,8,22,24-25H2,1-2H3,(H2,42,43,49)/t33-,35-,36-,39-/m1/s1. The van der Waals surface area contributed by atoms with Crippen LogP contribution in [0.1, 0.15) is 50.1 Å². The van der Waals surface area contributed by atoms with Gasteiger partial charge in [0.2, 0.25) is 0 Å². The average molecular weight is 733 g/mol. The van der Waals surface area contributed by atoms with Crippen molar-refractivity contribution in [2.75, 3.05) is 39.7 Å². The van der Waals surface area contributed by atoms with E-state index in [0.29, 0.717) is 22.6 Å². The number of imide groups is 1. The Kier molecular flexibility index (Phi) is 10.6. The van der Waals surface area contributed by atoms with E-state index in [1.807, 2.05) is 78.9 Å². The molecular weight excluding hydrogens is 692 g/mol. The minimum atomic E-state index is -1.34. The van der Waals surface area contributed by atoms with Crippen LogP contribution in [0.25, 0.3) is 0 Å². The minimum absolute atomic E-state index is 0.0243. The van der Waals surface area contributed by atoms with Crippen molar-refractivity contribution in [1.82, 2.24) is 14.5 Å². The fourth-order valence-electron chi connectivity index (χ4n) is 7.07. The van der Waals surface area contributed by atoms with Crippen molar-refractivity contribution in [3.05, 3.63) is 154 Å². The Bertz CT molecular complexity index is 2080. The molecule has 54 heavy (non-hydrogen) atoms. The van der Waals surface area contributed by atoms with Crippen LogP contribution in [-0.4, -0.2) is 83.7 Å². The van der Waals surface area contributed by atoms with Gasteiger partial charge in [0.1, 0.15) is 41.2 Å². The molecule has 1 saturated heterocycles. The molecule has 3 heterocycles. The van der Waals surface area contributed by atoms with Gasteiger partial charge in [-0.25, -0.2) is 4.79 Å². The van der Waals surface area contributed by atoms with E-state index >= 15 is 0 Å². The third kappa shape index (κ3) is 6.85. The van der Waals surface area contributed by atoms with Gasteiger partial charge in [-0.1, -0.05) is 66.7 Å². The second-order valence-electron chi connectivity index (χ2n) is 12.9. The summed E-state index contributed by atoms with van der Waals surface area (Å²) in [7, 11) is 3.20. The number of rotatable bonds is 14. The maximum Gasteiger partial charge on any atom is 0.351 e. The van der Waals surface area contributed by atoms with Crippen LogP contribution in [-0.2, 0) is 19.8 Å². The van der Waals surface area contributed by atoms with Crippen LogP contribution in [0.5, 0.6) is 11.5 Å². The first kappa shape index (κ1) is 36.5. The third-order valence-corrected chi connectivity index (χ3v) is 9.79. The molecule has 1 fully saturated rings. The molecule has 5 aromatic rings. The highest BCUT2D eigenvalue weighted by atomic mass is 16.6. The summed E-state index contributed by atoms with van der Waals surface area (Å²) in [5.74, 6) is 0.623. The zero-order chi connectivity index (χ0) is 37.8. The number of methoxy groups -OCH3 is 2. The number of anilines is 1. The molecule has 0 spiro atoms. The van der Waals surface area contributed by atoms with Gasteiger partial charge in [0.05, 0.1) is 32.0 Å². The van der Waals surface area contributed by atoms with Crippen LogP contribution >= 0.6 is 0 Å². The normalized spacial score (nSPS) is 19.6. The number of hydrogen-bond donors (Lipinski definition) is 2. The number of nitrogens with two attached hydrogens (primary N) is 1. The van der Waals surface area contributed by atoms with Crippen LogP contribution in [0.3, 0.4) is 0 Å². The molecule has 0 bridgehead atoms. The molecule has 1 aromatic heterocycles. The van der Waals surface area contributed by atoms with E-state index in [2.05, 4.69) is 4.98 Å². The van der Waals surface area contributed by atoms with Crippen molar-refractivity contribution in [1.29, 1.82) is 0 Å². The zero-order valence-electron chi connectivity index (χ0n) is 29.7. The molecule has 13 heteroatoms. The van der Waals surface area contributed by atoms with Gasteiger partial charge in [-0.3, -0.25) is 19.1 Å². The minimum Gasteiger partial charge on any atom is -0.497 e. The summed E-state index contributed by atoms with van der Waals surface area (Å²) in [6.07, 6.45) is -2.75. The Balaban J connectivity index is 1.19. The summed E-state index contributed by atoms with van der Waals surface area (Å²) in [4.78, 5) is 43.8. The van der Waals surface area contributed by atoms with Crippen LogP contribution in [0.4, 0.5) is 5.82 Å². The molecule has 2 amide bonds. The van der Waals surface area contributed by atoms with Gasteiger partial charge in [-0.2, -0.15) is 4.98 Å². The molecule has 0 saturated carbocycles. The molecule has 0 aliphatic carbocycles. The van der Waals surface area contributed by atoms with E-state index in [4.69, 9.17) is 29.4 Å². The van der Waals surface area contributed by atoms with Crippen LogP contribution in [0.2, 0.25) is 0 Å². The average Bonchev–Trinajstić information content (AvgIpc) is 3.64. The second-order valence-corrected chi connectivity index (χ2v) is 12.9. The predicted molar refractivity (Wildman–Crippen MR) is 197 cm³/mol. The molecule has 2 aliphatic heterocycles. The summed E-state index contributed by atoms with van der Waals surface area (Å²) < 4.78 is 31.9. The van der Waals surface area contributed by atoms with Crippen LogP contribution in [0.15, 0.2) is 120 Å². The van der Waals surface area contributed by atoms with Crippen molar-refractivity contribution >= 4 is 17.6 Å². The van der Waals surface area contributed by atoms with E-state index in [1.54, 1.807) is 38.5 Å². The molecule has 4 atom stereocenters. The van der Waals surface area contributed by atoms with E-state index < -0.39 is 35.8 Å². The highest BCUT2D eigenvalue weighted by molar-refractivity contribution is 6.21. The monoisotopic (exact) mass is 732 g/mol. The molecule has 7 rings (SSSR count). The number of aromatic nitrogens is 2. The Hall–Kier alpha value is -5.86. The van der Waals surface area contributed by atoms with Crippen molar-refractivity contribution in [2.24, 2.45) is 0 Å². The summed E-state index contributed by atoms with van der Waals surface area (Å²) in [5.41, 5.74) is 6.94. The molecule has 2 aliphatic rings. The van der Waals surface area contributed by atoms with Gasteiger partial charge >= 0.3 is 5.69 Å². The van der Waals surface area contributed by atoms with Gasteiger partial charge < -0.3 is 34.5 Å². The molecule has 278 valence electrons. The Morgan fingerprint density at radius 1 is 0.778 bits per heavy atom.